The Balaban J connectivity index is 1.27. The molecule has 6 nitrogen and oxygen atoms in total. The highest BCUT2D eigenvalue weighted by Gasteiger charge is 2.30. The molecule has 142 valence electrons. The molecule has 2 aromatic rings. The van der Waals surface area contributed by atoms with Crippen LogP contribution >= 0.6 is 0 Å². The zero-order chi connectivity index (χ0) is 18.6. The number of nitrogens with zero attached hydrogens (tertiary/aromatic N) is 5. The summed E-state index contributed by atoms with van der Waals surface area (Å²) in [4.78, 5) is 27.5. The first-order valence-electron chi connectivity index (χ1n) is 9.47. The van der Waals surface area contributed by atoms with Crippen molar-refractivity contribution in [3.05, 3.63) is 54.1 Å². The number of benzene rings is 1. The lowest BCUT2D eigenvalue weighted by Gasteiger charge is -2.34. The van der Waals surface area contributed by atoms with E-state index >= 15 is 0 Å². The normalized spacial score (nSPS) is 20.9. The summed E-state index contributed by atoms with van der Waals surface area (Å²) in [7, 11) is 0. The number of anilines is 1. The molecular weight excluding hydrogens is 345 g/mol. The number of rotatable bonds is 4. The Kier molecular flexibility index (Phi) is 5.29. The molecule has 0 saturated carbocycles. The van der Waals surface area contributed by atoms with Gasteiger partial charge in [0.1, 0.15) is 5.82 Å². The van der Waals surface area contributed by atoms with Crippen LogP contribution in [0.1, 0.15) is 17.9 Å². The molecular formula is C20H24FN5O. The smallest absolute Gasteiger partial charge is 0.236 e. The first-order chi connectivity index (χ1) is 13.2. The van der Waals surface area contributed by atoms with Crippen molar-refractivity contribution in [1.29, 1.82) is 0 Å². The molecule has 7 heteroatoms. The molecule has 4 rings (SSSR count). The van der Waals surface area contributed by atoms with Gasteiger partial charge in [-0.05, 0) is 24.1 Å². The Hall–Kier alpha value is -2.54. The van der Waals surface area contributed by atoms with Gasteiger partial charge < -0.3 is 9.80 Å². The molecule has 0 spiro atoms. The lowest BCUT2D eigenvalue weighted by atomic mass is 9.98. The van der Waals surface area contributed by atoms with E-state index in [0.717, 1.165) is 44.1 Å². The van der Waals surface area contributed by atoms with Crippen molar-refractivity contribution < 1.29 is 9.18 Å². The second kappa shape index (κ2) is 8.00. The van der Waals surface area contributed by atoms with Crippen LogP contribution in [0, 0.1) is 5.82 Å². The number of piperazine rings is 1. The summed E-state index contributed by atoms with van der Waals surface area (Å²) < 4.78 is 14.0. The Morgan fingerprint density at radius 3 is 2.52 bits per heavy atom. The fraction of sp³-hybridized carbons (Fsp3) is 0.450. The third-order valence-electron chi connectivity index (χ3n) is 5.45. The highest BCUT2D eigenvalue weighted by Crippen LogP contribution is 2.29. The van der Waals surface area contributed by atoms with E-state index in [9.17, 15) is 9.18 Å². The third-order valence-corrected chi connectivity index (χ3v) is 5.45. The Labute approximate surface area is 158 Å². The predicted octanol–water partition coefficient (Wildman–Crippen LogP) is 1.75. The number of carbonyl (C=O) groups is 1. The van der Waals surface area contributed by atoms with E-state index in [1.54, 1.807) is 18.5 Å². The molecule has 0 radical (unpaired) electrons. The standard InChI is InChI=1S/C20H24FN5O/c21-18-5-2-1-4-17(18)16-6-9-26(14-16)19(27)15-24-10-12-25(13-11-24)20-22-7-3-8-23-20/h1-5,7-8,16H,6,9-15H2/t16-/m0/s1. The van der Waals surface area contributed by atoms with Crippen LogP contribution in [0.25, 0.3) is 0 Å². The van der Waals surface area contributed by atoms with Crippen molar-refractivity contribution in [2.75, 3.05) is 50.7 Å². The maximum absolute atomic E-state index is 14.0. The van der Waals surface area contributed by atoms with Crippen molar-refractivity contribution in [3.63, 3.8) is 0 Å². The molecule has 0 unspecified atom stereocenters. The first kappa shape index (κ1) is 17.9. The van der Waals surface area contributed by atoms with Crippen molar-refractivity contribution >= 4 is 11.9 Å². The average molecular weight is 369 g/mol. The molecule has 3 heterocycles. The molecule has 2 aliphatic heterocycles. The zero-order valence-corrected chi connectivity index (χ0v) is 15.3. The van der Waals surface area contributed by atoms with E-state index in [2.05, 4.69) is 19.8 Å². The molecule has 27 heavy (non-hydrogen) atoms. The van der Waals surface area contributed by atoms with Crippen molar-refractivity contribution in [2.24, 2.45) is 0 Å². The third kappa shape index (κ3) is 4.08. The first-order valence-corrected chi connectivity index (χ1v) is 9.47. The fourth-order valence-corrected chi connectivity index (χ4v) is 3.90. The molecule has 1 aromatic carbocycles. The number of halogens is 1. The van der Waals surface area contributed by atoms with E-state index < -0.39 is 0 Å². The van der Waals surface area contributed by atoms with Gasteiger partial charge in [0.25, 0.3) is 0 Å². The van der Waals surface area contributed by atoms with Crippen LogP contribution in [-0.4, -0.2) is 71.5 Å². The monoisotopic (exact) mass is 369 g/mol. The fourth-order valence-electron chi connectivity index (χ4n) is 3.90. The minimum absolute atomic E-state index is 0.0993. The summed E-state index contributed by atoms with van der Waals surface area (Å²) in [6.45, 7) is 4.99. The van der Waals surface area contributed by atoms with Gasteiger partial charge in [-0.15, -0.1) is 0 Å². The SMILES string of the molecule is O=C(CN1CCN(c2ncccn2)CC1)N1CC[C@H](c2ccccc2F)C1. The number of amides is 1. The van der Waals surface area contributed by atoms with Crippen LogP contribution in [0.4, 0.5) is 10.3 Å². The quantitative estimate of drug-likeness (QED) is 0.822. The number of hydrogen-bond donors (Lipinski definition) is 0. The number of likely N-dealkylation sites (tertiary alicyclic amines) is 1. The molecule has 1 atom stereocenters. The van der Waals surface area contributed by atoms with E-state index in [-0.39, 0.29) is 17.6 Å². The van der Waals surface area contributed by atoms with E-state index in [0.29, 0.717) is 19.6 Å². The molecule has 2 fully saturated rings. The Morgan fingerprint density at radius 2 is 1.78 bits per heavy atom. The second-order valence-corrected chi connectivity index (χ2v) is 7.16. The summed E-state index contributed by atoms with van der Waals surface area (Å²) >= 11 is 0. The van der Waals surface area contributed by atoms with Gasteiger partial charge in [-0.25, -0.2) is 14.4 Å². The lowest BCUT2D eigenvalue weighted by molar-refractivity contribution is -0.131. The van der Waals surface area contributed by atoms with Crippen molar-refractivity contribution in [1.82, 2.24) is 19.8 Å². The molecule has 0 aliphatic carbocycles. The van der Waals surface area contributed by atoms with Crippen molar-refractivity contribution in [3.8, 4) is 0 Å². The topological polar surface area (TPSA) is 52.6 Å². The van der Waals surface area contributed by atoms with Crippen LogP contribution in [0.5, 0.6) is 0 Å². The van der Waals surface area contributed by atoms with E-state index in [1.807, 2.05) is 23.1 Å². The maximum Gasteiger partial charge on any atom is 0.236 e. The summed E-state index contributed by atoms with van der Waals surface area (Å²) in [5.74, 6) is 0.812. The molecule has 1 amide bonds. The lowest BCUT2D eigenvalue weighted by Crippen LogP contribution is -2.50. The van der Waals surface area contributed by atoms with Crippen LogP contribution in [0.3, 0.4) is 0 Å². The summed E-state index contributed by atoms with van der Waals surface area (Å²) in [6.07, 6.45) is 4.32. The van der Waals surface area contributed by atoms with E-state index in [4.69, 9.17) is 0 Å². The molecule has 2 saturated heterocycles. The molecule has 0 N–H and O–H groups in total. The van der Waals surface area contributed by atoms with E-state index in [1.165, 1.54) is 6.07 Å². The van der Waals surface area contributed by atoms with Crippen LogP contribution in [-0.2, 0) is 4.79 Å². The predicted molar refractivity (Wildman–Crippen MR) is 101 cm³/mol. The van der Waals surface area contributed by atoms with Crippen LogP contribution in [0.15, 0.2) is 42.7 Å². The minimum Gasteiger partial charge on any atom is -0.341 e. The van der Waals surface area contributed by atoms with Crippen LogP contribution < -0.4 is 4.90 Å². The summed E-state index contributed by atoms with van der Waals surface area (Å²) in [5, 5.41) is 0. The second-order valence-electron chi connectivity index (χ2n) is 7.16. The highest BCUT2D eigenvalue weighted by molar-refractivity contribution is 5.78. The van der Waals surface area contributed by atoms with Crippen LogP contribution in [0.2, 0.25) is 0 Å². The summed E-state index contributed by atoms with van der Waals surface area (Å²) in [5.41, 5.74) is 0.726. The largest absolute Gasteiger partial charge is 0.341 e. The Morgan fingerprint density at radius 1 is 1.04 bits per heavy atom. The maximum atomic E-state index is 14.0. The highest BCUT2D eigenvalue weighted by atomic mass is 19.1. The van der Waals surface area contributed by atoms with Gasteiger partial charge in [0.2, 0.25) is 11.9 Å². The average Bonchev–Trinajstić information content (AvgIpc) is 3.20. The van der Waals surface area contributed by atoms with Gasteiger partial charge in [0.05, 0.1) is 6.54 Å². The summed E-state index contributed by atoms with van der Waals surface area (Å²) in [6, 6.07) is 8.70. The van der Waals surface area contributed by atoms with Gasteiger partial charge in [0.15, 0.2) is 0 Å². The molecule has 1 aromatic heterocycles. The van der Waals surface area contributed by atoms with Gasteiger partial charge in [0, 0.05) is 57.6 Å². The number of hydrogen-bond acceptors (Lipinski definition) is 5. The van der Waals surface area contributed by atoms with Gasteiger partial charge in [-0.2, -0.15) is 0 Å². The number of aromatic nitrogens is 2. The Bertz CT molecular complexity index is 779. The van der Waals surface area contributed by atoms with Gasteiger partial charge in [-0.1, -0.05) is 18.2 Å². The molecule has 0 bridgehead atoms. The van der Waals surface area contributed by atoms with Crippen molar-refractivity contribution in [2.45, 2.75) is 12.3 Å². The zero-order valence-electron chi connectivity index (χ0n) is 15.3. The van der Waals surface area contributed by atoms with Gasteiger partial charge in [-0.3, -0.25) is 9.69 Å². The minimum atomic E-state index is -0.170. The number of carbonyl (C=O) groups excluding carboxylic acids is 1. The van der Waals surface area contributed by atoms with Gasteiger partial charge >= 0.3 is 0 Å². The molecule has 2 aliphatic rings.